The molecule has 0 bridgehead atoms. The van der Waals surface area contributed by atoms with Gasteiger partial charge in [-0.15, -0.1) is 0 Å². The Morgan fingerprint density at radius 3 is 2.96 bits per heavy atom. The number of ether oxygens (including phenoxy) is 1. The number of methoxy groups -OCH3 is 1. The second-order valence-electron chi connectivity index (χ2n) is 6.75. The fourth-order valence-electron chi connectivity index (χ4n) is 3.52. The molecule has 1 unspecified atom stereocenters. The number of likely N-dealkylation sites (N-methyl/N-ethyl adjacent to an activating group) is 1. The molecular formula is C17H23N7O2. The van der Waals surface area contributed by atoms with Crippen molar-refractivity contribution in [2.75, 3.05) is 45.2 Å². The molecule has 2 aromatic heterocycles. The van der Waals surface area contributed by atoms with Gasteiger partial charge in [0, 0.05) is 52.2 Å². The third kappa shape index (κ3) is 3.22. The number of urea groups is 1. The van der Waals surface area contributed by atoms with Crippen LogP contribution in [0.25, 0.3) is 0 Å². The van der Waals surface area contributed by atoms with Gasteiger partial charge < -0.3 is 9.64 Å². The van der Waals surface area contributed by atoms with E-state index in [9.17, 15) is 4.79 Å². The second-order valence-corrected chi connectivity index (χ2v) is 6.75. The number of anilines is 1. The van der Waals surface area contributed by atoms with Crippen LogP contribution in [0.2, 0.25) is 0 Å². The largest absolute Gasteiger partial charge is 0.467 e. The van der Waals surface area contributed by atoms with Gasteiger partial charge >= 0.3 is 12.0 Å². The monoisotopic (exact) mass is 357 g/mol. The first-order valence-corrected chi connectivity index (χ1v) is 8.79. The normalized spacial score (nSPS) is 21.0. The first kappa shape index (κ1) is 16.8. The van der Waals surface area contributed by atoms with E-state index in [2.05, 4.69) is 20.0 Å². The van der Waals surface area contributed by atoms with Gasteiger partial charge in [-0.1, -0.05) is 0 Å². The highest BCUT2D eigenvalue weighted by molar-refractivity contribution is 5.93. The Morgan fingerprint density at radius 2 is 2.19 bits per heavy atom. The number of hydrogen-bond donors (Lipinski definition) is 0. The fraction of sp³-hybridized carbons (Fsp3) is 0.529. The number of hydrogen-bond acceptors (Lipinski definition) is 6. The van der Waals surface area contributed by atoms with Crippen LogP contribution in [0.1, 0.15) is 18.2 Å². The zero-order valence-electron chi connectivity index (χ0n) is 15.1. The minimum Gasteiger partial charge on any atom is -0.467 e. The maximum absolute atomic E-state index is 12.1. The number of carbonyl (C=O) groups is 1. The van der Waals surface area contributed by atoms with Gasteiger partial charge in [-0.25, -0.2) is 9.78 Å². The molecule has 2 amide bonds. The van der Waals surface area contributed by atoms with E-state index in [0.29, 0.717) is 18.6 Å². The summed E-state index contributed by atoms with van der Waals surface area (Å²) in [7, 11) is 3.40. The van der Waals surface area contributed by atoms with Crippen LogP contribution in [0.3, 0.4) is 0 Å². The topological polar surface area (TPSA) is 79.6 Å². The van der Waals surface area contributed by atoms with Gasteiger partial charge in [0.2, 0.25) is 0 Å². The molecule has 0 spiro atoms. The van der Waals surface area contributed by atoms with Gasteiger partial charge in [-0.3, -0.25) is 14.5 Å². The number of nitrogens with zero attached hydrogens (tertiary/aromatic N) is 7. The highest BCUT2D eigenvalue weighted by Gasteiger charge is 2.29. The van der Waals surface area contributed by atoms with Crippen molar-refractivity contribution < 1.29 is 9.53 Å². The molecular weight excluding hydrogens is 334 g/mol. The lowest BCUT2D eigenvalue weighted by molar-refractivity contribution is 0.229. The van der Waals surface area contributed by atoms with Gasteiger partial charge in [-0.2, -0.15) is 10.1 Å². The molecule has 0 aromatic carbocycles. The summed E-state index contributed by atoms with van der Waals surface area (Å²) in [6.45, 7) is 4.12. The van der Waals surface area contributed by atoms with Gasteiger partial charge in [-0.05, 0) is 12.5 Å². The predicted octanol–water partition coefficient (Wildman–Crippen LogP) is 1.00. The molecule has 4 heterocycles. The highest BCUT2D eigenvalue weighted by Crippen LogP contribution is 2.26. The Kier molecular flexibility index (Phi) is 4.46. The second kappa shape index (κ2) is 6.91. The van der Waals surface area contributed by atoms with Crippen LogP contribution in [0.4, 0.5) is 10.5 Å². The summed E-state index contributed by atoms with van der Waals surface area (Å²) in [6.07, 6.45) is 6.52. The standard InChI is InChI=1S/C17H23N7O2/c1-21-7-8-23(17(21)25)15-9-19-24(12-15)14-4-6-22(11-14)10-13-3-5-18-16(20-13)26-2/h3,5,9,12,14H,4,6-8,10-11H2,1-2H3. The third-order valence-corrected chi connectivity index (χ3v) is 5.00. The Hall–Kier alpha value is -2.68. The summed E-state index contributed by atoms with van der Waals surface area (Å²) in [5, 5.41) is 4.50. The predicted molar refractivity (Wildman–Crippen MR) is 95.1 cm³/mol. The van der Waals surface area contributed by atoms with E-state index < -0.39 is 0 Å². The average molecular weight is 357 g/mol. The molecule has 0 N–H and O–H groups in total. The van der Waals surface area contributed by atoms with Gasteiger partial charge in [0.1, 0.15) is 0 Å². The van der Waals surface area contributed by atoms with Crippen LogP contribution in [-0.4, -0.2) is 75.9 Å². The van der Waals surface area contributed by atoms with Crippen molar-refractivity contribution in [3.8, 4) is 6.01 Å². The maximum Gasteiger partial charge on any atom is 0.324 e. The van der Waals surface area contributed by atoms with Crippen LogP contribution in [0.15, 0.2) is 24.7 Å². The van der Waals surface area contributed by atoms with E-state index >= 15 is 0 Å². The smallest absolute Gasteiger partial charge is 0.324 e. The number of likely N-dealkylation sites (tertiary alicyclic amines) is 1. The van der Waals surface area contributed by atoms with E-state index in [1.54, 1.807) is 29.3 Å². The Bertz CT molecular complexity index is 793. The molecule has 2 aliphatic heterocycles. The minimum atomic E-state index is 0.0373. The van der Waals surface area contributed by atoms with E-state index in [0.717, 1.165) is 44.0 Å². The quantitative estimate of drug-likeness (QED) is 0.794. The van der Waals surface area contributed by atoms with Crippen LogP contribution in [0.5, 0.6) is 6.01 Å². The summed E-state index contributed by atoms with van der Waals surface area (Å²) in [5.41, 5.74) is 1.82. The van der Waals surface area contributed by atoms with Gasteiger partial charge in [0.15, 0.2) is 0 Å². The zero-order valence-corrected chi connectivity index (χ0v) is 15.1. The molecule has 2 aliphatic rings. The number of aromatic nitrogens is 4. The Balaban J connectivity index is 1.39. The minimum absolute atomic E-state index is 0.0373. The van der Waals surface area contributed by atoms with Crippen molar-refractivity contribution in [2.45, 2.75) is 19.0 Å². The summed E-state index contributed by atoms with van der Waals surface area (Å²) in [6, 6.07) is 2.66. The number of rotatable bonds is 5. The Morgan fingerprint density at radius 1 is 1.31 bits per heavy atom. The zero-order chi connectivity index (χ0) is 18.1. The van der Waals surface area contributed by atoms with E-state index in [-0.39, 0.29) is 6.03 Å². The van der Waals surface area contributed by atoms with E-state index in [4.69, 9.17) is 4.74 Å². The van der Waals surface area contributed by atoms with Crippen molar-refractivity contribution in [1.29, 1.82) is 0 Å². The van der Waals surface area contributed by atoms with Crippen LogP contribution >= 0.6 is 0 Å². The third-order valence-electron chi connectivity index (χ3n) is 5.00. The lowest BCUT2D eigenvalue weighted by Crippen LogP contribution is -2.28. The molecule has 2 fully saturated rings. The summed E-state index contributed by atoms with van der Waals surface area (Å²) in [5.74, 6) is 0. The molecule has 4 rings (SSSR count). The Labute approximate surface area is 152 Å². The molecule has 0 radical (unpaired) electrons. The van der Waals surface area contributed by atoms with Crippen LogP contribution < -0.4 is 9.64 Å². The van der Waals surface area contributed by atoms with Crippen molar-refractivity contribution in [2.24, 2.45) is 0 Å². The molecule has 2 aromatic rings. The number of carbonyl (C=O) groups excluding carboxylic acids is 1. The summed E-state index contributed by atoms with van der Waals surface area (Å²) >= 11 is 0. The lowest BCUT2D eigenvalue weighted by atomic mass is 10.3. The molecule has 0 aliphatic carbocycles. The lowest BCUT2D eigenvalue weighted by Gasteiger charge is -2.16. The first-order chi connectivity index (χ1) is 12.6. The SMILES string of the molecule is COc1nccc(CN2CCC(n3cc(N4CCN(C)C4=O)cn3)C2)n1. The maximum atomic E-state index is 12.1. The van der Waals surface area contributed by atoms with E-state index in [1.807, 2.05) is 24.0 Å². The molecule has 9 nitrogen and oxygen atoms in total. The average Bonchev–Trinajstić information content (AvgIpc) is 3.37. The van der Waals surface area contributed by atoms with Crippen LogP contribution in [-0.2, 0) is 6.54 Å². The van der Waals surface area contributed by atoms with Crippen molar-refractivity contribution in [1.82, 2.24) is 29.5 Å². The molecule has 1 atom stereocenters. The summed E-state index contributed by atoms with van der Waals surface area (Å²) < 4.78 is 7.07. The van der Waals surface area contributed by atoms with Gasteiger partial charge in [0.05, 0.1) is 30.7 Å². The number of amides is 2. The molecule has 2 saturated heterocycles. The van der Waals surface area contributed by atoms with Gasteiger partial charge in [0.25, 0.3) is 0 Å². The van der Waals surface area contributed by atoms with Crippen molar-refractivity contribution in [3.63, 3.8) is 0 Å². The molecule has 9 heteroatoms. The first-order valence-electron chi connectivity index (χ1n) is 8.79. The fourth-order valence-corrected chi connectivity index (χ4v) is 3.52. The van der Waals surface area contributed by atoms with Crippen molar-refractivity contribution in [3.05, 3.63) is 30.4 Å². The summed E-state index contributed by atoms with van der Waals surface area (Å²) in [4.78, 5) is 26.4. The van der Waals surface area contributed by atoms with Crippen molar-refractivity contribution >= 4 is 11.7 Å². The molecule has 26 heavy (non-hydrogen) atoms. The molecule has 0 saturated carbocycles. The van der Waals surface area contributed by atoms with Crippen LogP contribution in [0, 0.1) is 0 Å². The van der Waals surface area contributed by atoms with E-state index in [1.165, 1.54) is 0 Å². The molecule has 138 valence electrons. The highest BCUT2D eigenvalue weighted by atomic mass is 16.5.